The van der Waals surface area contributed by atoms with Crippen LogP contribution in [0.5, 0.6) is 17.2 Å². The second kappa shape index (κ2) is 3.75. The van der Waals surface area contributed by atoms with Crippen LogP contribution in [0.4, 0.5) is 0 Å². The first kappa shape index (κ1) is 9.15. The van der Waals surface area contributed by atoms with Gasteiger partial charge in [-0.2, -0.15) is 0 Å². The molecule has 1 aromatic rings. The molecule has 14 heavy (non-hydrogen) atoms. The molecule has 1 aliphatic rings. The maximum Gasteiger partial charge on any atom is 0.204 e. The second-order valence-corrected chi connectivity index (χ2v) is 3.07. The third-order valence-corrected chi connectivity index (χ3v) is 2.13. The highest BCUT2D eigenvalue weighted by molar-refractivity contribution is 5.51. The molecule has 0 bridgehead atoms. The number of nitrogens with two attached hydrogens (primary N) is 1. The fraction of sp³-hybridized carbons (Fsp3) is 0.400. The Kier molecular flexibility index (Phi) is 2.45. The number of hydrogen-bond acceptors (Lipinski definition) is 4. The molecule has 0 aromatic heterocycles. The van der Waals surface area contributed by atoms with E-state index >= 15 is 0 Å². The van der Waals surface area contributed by atoms with Gasteiger partial charge in [0.15, 0.2) is 11.5 Å². The summed E-state index contributed by atoms with van der Waals surface area (Å²) in [5.74, 6) is 2.05. The summed E-state index contributed by atoms with van der Waals surface area (Å²) in [6, 6.07) is 5.55. The lowest BCUT2D eigenvalue weighted by Gasteiger charge is -2.26. The van der Waals surface area contributed by atoms with Gasteiger partial charge in [-0.05, 0) is 12.1 Å². The first-order valence-electron chi connectivity index (χ1n) is 4.51. The van der Waals surface area contributed by atoms with Crippen LogP contribution in [0.3, 0.4) is 0 Å². The van der Waals surface area contributed by atoms with E-state index in [0.717, 1.165) is 0 Å². The van der Waals surface area contributed by atoms with Gasteiger partial charge in [0.2, 0.25) is 5.75 Å². The summed E-state index contributed by atoms with van der Waals surface area (Å²) in [7, 11) is 1.60. The SMILES string of the molecule is COc1cccc2c1OC(CN)CO2. The van der Waals surface area contributed by atoms with Crippen molar-refractivity contribution < 1.29 is 14.2 Å². The average molecular weight is 195 g/mol. The molecule has 2 rings (SSSR count). The summed E-state index contributed by atoms with van der Waals surface area (Å²) >= 11 is 0. The van der Waals surface area contributed by atoms with E-state index in [1.165, 1.54) is 0 Å². The maximum absolute atomic E-state index is 5.63. The lowest BCUT2D eigenvalue weighted by Crippen LogP contribution is -2.35. The molecule has 76 valence electrons. The largest absolute Gasteiger partial charge is 0.493 e. The molecule has 4 nitrogen and oxygen atoms in total. The van der Waals surface area contributed by atoms with Crippen molar-refractivity contribution in [1.29, 1.82) is 0 Å². The summed E-state index contributed by atoms with van der Waals surface area (Å²) in [5.41, 5.74) is 5.51. The van der Waals surface area contributed by atoms with E-state index in [1.54, 1.807) is 7.11 Å². The van der Waals surface area contributed by atoms with Crippen molar-refractivity contribution in [3.8, 4) is 17.2 Å². The standard InChI is InChI=1S/C10H13NO3/c1-12-8-3-2-4-9-10(8)14-7(5-11)6-13-9/h2-4,7H,5-6,11H2,1H3. The Hall–Kier alpha value is -1.42. The molecule has 2 N–H and O–H groups in total. The van der Waals surface area contributed by atoms with Crippen molar-refractivity contribution >= 4 is 0 Å². The van der Waals surface area contributed by atoms with Crippen molar-refractivity contribution in [2.75, 3.05) is 20.3 Å². The quantitative estimate of drug-likeness (QED) is 0.758. The van der Waals surface area contributed by atoms with Gasteiger partial charge in [-0.1, -0.05) is 6.07 Å². The molecule has 1 unspecified atom stereocenters. The fourth-order valence-corrected chi connectivity index (χ4v) is 1.39. The Bertz CT molecular complexity index is 313. The van der Waals surface area contributed by atoms with Crippen LogP contribution in [-0.2, 0) is 0 Å². The Labute approximate surface area is 82.6 Å². The second-order valence-electron chi connectivity index (χ2n) is 3.07. The summed E-state index contributed by atoms with van der Waals surface area (Å²) in [6.45, 7) is 0.939. The molecular weight excluding hydrogens is 182 g/mol. The summed E-state index contributed by atoms with van der Waals surface area (Å²) in [5, 5.41) is 0. The monoisotopic (exact) mass is 195 g/mol. The van der Waals surface area contributed by atoms with Crippen molar-refractivity contribution in [3.63, 3.8) is 0 Å². The van der Waals surface area contributed by atoms with E-state index in [0.29, 0.717) is 30.4 Å². The first-order chi connectivity index (χ1) is 6.85. The van der Waals surface area contributed by atoms with Crippen LogP contribution < -0.4 is 19.9 Å². The highest BCUT2D eigenvalue weighted by Crippen LogP contribution is 2.39. The normalized spacial score (nSPS) is 19.1. The van der Waals surface area contributed by atoms with Gasteiger partial charge >= 0.3 is 0 Å². The zero-order chi connectivity index (χ0) is 9.97. The van der Waals surface area contributed by atoms with Gasteiger partial charge in [-0.15, -0.1) is 0 Å². The molecule has 0 amide bonds. The number of methoxy groups -OCH3 is 1. The Balaban J connectivity index is 2.33. The Morgan fingerprint density at radius 3 is 3.14 bits per heavy atom. The maximum atomic E-state index is 5.63. The Morgan fingerprint density at radius 1 is 1.57 bits per heavy atom. The number of ether oxygens (including phenoxy) is 3. The number of hydrogen-bond donors (Lipinski definition) is 1. The van der Waals surface area contributed by atoms with E-state index in [-0.39, 0.29) is 6.10 Å². The van der Waals surface area contributed by atoms with Crippen LogP contribution in [0.25, 0.3) is 0 Å². The van der Waals surface area contributed by atoms with E-state index in [1.807, 2.05) is 18.2 Å². The molecule has 0 aliphatic carbocycles. The third-order valence-electron chi connectivity index (χ3n) is 2.13. The van der Waals surface area contributed by atoms with E-state index in [2.05, 4.69) is 0 Å². The molecule has 0 spiro atoms. The van der Waals surface area contributed by atoms with Crippen molar-refractivity contribution in [2.24, 2.45) is 5.73 Å². The summed E-state index contributed by atoms with van der Waals surface area (Å²) in [6.07, 6.45) is -0.0844. The van der Waals surface area contributed by atoms with E-state index in [9.17, 15) is 0 Å². The molecule has 0 saturated carbocycles. The predicted molar refractivity (Wildman–Crippen MR) is 52.0 cm³/mol. The zero-order valence-corrected chi connectivity index (χ0v) is 8.03. The minimum Gasteiger partial charge on any atom is -0.493 e. The third kappa shape index (κ3) is 1.48. The Morgan fingerprint density at radius 2 is 2.43 bits per heavy atom. The average Bonchev–Trinajstić information content (AvgIpc) is 2.27. The fourth-order valence-electron chi connectivity index (χ4n) is 1.39. The number of fused-ring (bicyclic) bond motifs is 1. The van der Waals surface area contributed by atoms with E-state index < -0.39 is 0 Å². The van der Waals surface area contributed by atoms with Crippen molar-refractivity contribution in [2.45, 2.75) is 6.10 Å². The van der Waals surface area contributed by atoms with Gasteiger partial charge in [0.05, 0.1) is 7.11 Å². The van der Waals surface area contributed by atoms with Crippen LogP contribution in [0.15, 0.2) is 18.2 Å². The smallest absolute Gasteiger partial charge is 0.204 e. The van der Waals surface area contributed by atoms with Crippen molar-refractivity contribution in [3.05, 3.63) is 18.2 Å². The molecule has 1 heterocycles. The first-order valence-corrected chi connectivity index (χ1v) is 4.51. The molecule has 1 aliphatic heterocycles. The van der Waals surface area contributed by atoms with Gasteiger partial charge in [0.25, 0.3) is 0 Å². The molecule has 1 aromatic carbocycles. The molecule has 4 heteroatoms. The van der Waals surface area contributed by atoms with Gasteiger partial charge in [-0.3, -0.25) is 0 Å². The van der Waals surface area contributed by atoms with Crippen LogP contribution >= 0.6 is 0 Å². The van der Waals surface area contributed by atoms with Gasteiger partial charge in [0, 0.05) is 6.54 Å². The molecule has 0 fully saturated rings. The molecule has 0 saturated heterocycles. The minimum absolute atomic E-state index is 0.0844. The van der Waals surface area contributed by atoms with Crippen LogP contribution in [-0.4, -0.2) is 26.4 Å². The van der Waals surface area contributed by atoms with Crippen LogP contribution in [0.1, 0.15) is 0 Å². The minimum atomic E-state index is -0.0844. The van der Waals surface area contributed by atoms with Crippen LogP contribution in [0, 0.1) is 0 Å². The lowest BCUT2D eigenvalue weighted by molar-refractivity contribution is 0.0927. The van der Waals surface area contributed by atoms with E-state index in [4.69, 9.17) is 19.9 Å². The number of rotatable bonds is 2. The molecule has 0 radical (unpaired) electrons. The van der Waals surface area contributed by atoms with Crippen LogP contribution in [0.2, 0.25) is 0 Å². The lowest BCUT2D eigenvalue weighted by atomic mass is 10.2. The highest BCUT2D eigenvalue weighted by Gasteiger charge is 2.22. The topological polar surface area (TPSA) is 53.7 Å². The summed E-state index contributed by atoms with van der Waals surface area (Å²) in [4.78, 5) is 0. The zero-order valence-electron chi connectivity index (χ0n) is 8.03. The predicted octanol–water partition coefficient (Wildman–Crippen LogP) is 0.794. The van der Waals surface area contributed by atoms with Gasteiger partial charge in [-0.25, -0.2) is 0 Å². The van der Waals surface area contributed by atoms with Gasteiger partial charge < -0.3 is 19.9 Å². The highest BCUT2D eigenvalue weighted by atomic mass is 16.6. The van der Waals surface area contributed by atoms with Crippen molar-refractivity contribution in [1.82, 2.24) is 0 Å². The molecule has 1 atom stereocenters. The molecular formula is C10H13NO3. The number of para-hydroxylation sites is 1. The van der Waals surface area contributed by atoms with Gasteiger partial charge in [0.1, 0.15) is 12.7 Å². The number of benzene rings is 1. The summed E-state index contributed by atoms with van der Waals surface area (Å²) < 4.78 is 16.3.